The highest BCUT2D eigenvalue weighted by Gasteiger charge is 2.24. The molecule has 2 aromatic rings. The van der Waals surface area contributed by atoms with E-state index >= 15 is 0 Å². The molecule has 0 saturated carbocycles. The summed E-state index contributed by atoms with van der Waals surface area (Å²) < 4.78 is 38.6. The lowest BCUT2D eigenvalue weighted by Crippen LogP contribution is -2.34. The minimum atomic E-state index is -3.77. The molecule has 0 aliphatic carbocycles. The molecule has 164 valence electrons. The molecule has 0 spiro atoms. The molecule has 0 radical (unpaired) electrons. The number of ether oxygens (including phenoxy) is 2. The molecule has 9 nitrogen and oxygen atoms in total. The molecule has 2 atom stereocenters. The van der Waals surface area contributed by atoms with Crippen LogP contribution in [-0.4, -0.2) is 45.6 Å². The first-order valence-corrected chi connectivity index (χ1v) is 11.4. The number of amides is 2. The van der Waals surface area contributed by atoms with Crippen molar-refractivity contribution in [1.82, 2.24) is 4.72 Å². The van der Waals surface area contributed by atoms with Crippen LogP contribution in [0, 0.1) is 0 Å². The fourth-order valence-corrected chi connectivity index (χ4v) is 4.50. The van der Waals surface area contributed by atoms with Crippen molar-refractivity contribution in [1.29, 1.82) is 0 Å². The molecule has 10 heteroatoms. The maximum absolute atomic E-state index is 12.7. The molecule has 0 aromatic heterocycles. The van der Waals surface area contributed by atoms with E-state index in [1.54, 1.807) is 25.1 Å². The number of nitrogens with one attached hydrogen (secondary N) is 3. The molecule has 4 rings (SSSR count). The Morgan fingerprint density at radius 3 is 2.84 bits per heavy atom. The maximum atomic E-state index is 12.7. The molecule has 2 aliphatic heterocycles. The van der Waals surface area contributed by atoms with Crippen molar-refractivity contribution in [3.8, 4) is 5.75 Å². The lowest BCUT2D eigenvalue weighted by Gasteiger charge is -2.23. The van der Waals surface area contributed by atoms with Crippen molar-refractivity contribution in [3.05, 3.63) is 48.0 Å². The lowest BCUT2D eigenvalue weighted by molar-refractivity contribution is -0.122. The van der Waals surface area contributed by atoms with Crippen LogP contribution < -0.4 is 20.1 Å². The standard InChI is InChI=1S/C21H23N3O6S/c1-13-20(25)24-18-11-15(7-8-19(18)30-13)23-21(26)14-4-2-6-17(10-14)31(27,28)22-12-16-5-3-9-29-16/h2,4,6-8,10-11,13,16,22H,3,5,9,12H2,1H3,(H,23,26)(H,24,25). The van der Waals surface area contributed by atoms with Gasteiger partial charge in [0.05, 0.1) is 16.7 Å². The summed E-state index contributed by atoms with van der Waals surface area (Å²) in [5, 5.41) is 5.42. The predicted molar refractivity (Wildman–Crippen MR) is 114 cm³/mol. The van der Waals surface area contributed by atoms with Gasteiger partial charge in [0.15, 0.2) is 6.10 Å². The Labute approximate surface area is 180 Å². The molecular formula is C21H23N3O6S. The van der Waals surface area contributed by atoms with E-state index in [1.165, 1.54) is 24.3 Å². The molecule has 1 saturated heterocycles. The zero-order chi connectivity index (χ0) is 22.0. The fraction of sp³-hybridized carbons (Fsp3) is 0.333. The summed E-state index contributed by atoms with van der Waals surface area (Å²) in [6, 6.07) is 10.7. The van der Waals surface area contributed by atoms with Crippen LogP contribution in [0.4, 0.5) is 11.4 Å². The van der Waals surface area contributed by atoms with E-state index in [0.29, 0.717) is 23.7 Å². The molecule has 2 unspecified atom stereocenters. The number of sulfonamides is 1. The molecular weight excluding hydrogens is 422 g/mol. The number of hydrogen-bond acceptors (Lipinski definition) is 6. The van der Waals surface area contributed by atoms with Crippen molar-refractivity contribution >= 4 is 33.2 Å². The number of rotatable bonds is 6. The Hall–Kier alpha value is -2.95. The van der Waals surface area contributed by atoms with E-state index in [1.807, 2.05) is 0 Å². The van der Waals surface area contributed by atoms with Gasteiger partial charge in [-0.15, -0.1) is 0 Å². The molecule has 2 amide bonds. The van der Waals surface area contributed by atoms with Crippen molar-refractivity contribution in [2.24, 2.45) is 0 Å². The summed E-state index contributed by atoms with van der Waals surface area (Å²) in [5.74, 6) is -0.243. The van der Waals surface area contributed by atoms with E-state index in [2.05, 4.69) is 15.4 Å². The Balaban J connectivity index is 1.46. The van der Waals surface area contributed by atoms with Gasteiger partial charge in [-0.25, -0.2) is 13.1 Å². The molecule has 3 N–H and O–H groups in total. The predicted octanol–water partition coefficient (Wildman–Crippen LogP) is 2.12. The first-order valence-electron chi connectivity index (χ1n) is 9.96. The van der Waals surface area contributed by atoms with Gasteiger partial charge in [0, 0.05) is 24.4 Å². The second kappa shape index (κ2) is 8.66. The third kappa shape index (κ3) is 4.87. The average Bonchev–Trinajstić information content (AvgIpc) is 3.27. The highest BCUT2D eigenvalue weighted by molar-refractivity contribution is 7.89. The van der Waals surface area contributed by atoms with E-state index in [4.69, 9.17) is 9.47 Å². The van der Waals surface area contributed by atoms with Crippen molar-refractivity contribution in [3.63, 3.8) is 0 Å². The van der Waals surface area contributed by atoms with Crippen LogP contribution in [0.15, 0.2) is 47.4 Å². The second-order valence-corrected chi connectivity index (χ2v) is 9.20. The Kier molecular flexibility index (Phi) is 5.94. The first kappa shape index (κ1) is 21.3. The smallest absolute Gasteiger partial charge is 0.265 e. The first-order chi connectivity index (χ1) is 14.8. The Morgan fingerprint density at radius 1 is 1.23 bits per heavy atom. The van der Waals surface area contributed by atoms with Crippen LogP contribution >= 0.6 is 0 Å². The van der Waals surface area contributed by atoms with Gasteiger partial charge in [-0.3, -0.25) is 9.59 Å². The summed E-state index contributed by atoms with van der Waals surface area (Å²) in [4.78, 5) is 24.5. The van der Waals surface area contributed by atoms with E-state index in [-0.39, 0.29) is 29.0 Å². The summed E-state index contributed by atoms with van der Waals surface area (Å²) >= 11 is 0. The minimum Gasteiger partial charge on any atom is -0.479 e. The normalized spacial score (nSPS) is 20.5. The van der Waals surface area contributed by atoms with Gasteiger partial charge < -0.3 is 20.1 Å². The number of fused-ring (bicyclic) bond motifs is 1. The molecule has 2 aromatic carbocycles. The zero-order valence-corrected chi connectivity index (χ0v) is 17.7. The van der Waals surface area contributed by atoms with E-state index < -0.39 is 22.0 Å². The van der Waals surface area contributed by atoms with Gasteiger partial charge >= 0.3 is 0 Å². The molecule has 31 heavy (non-hydrogen) atoms. The summed E-state index contributed by atoms with van der Waals surface area (Å²) in [5.41, 5.74) is 1.08. The fourth-order valence-electron chi connectivity index (χ4n) is 3.39. The lowest BCUT2D eigenvalue weighted by atomic mass is 10.2. The molecule has 2 heterocycles. The van der Waals surface area contributed by atoms with E-state index in [0.717, 1.165) is 12.8 Å². The quantitative estimate of drug-likeness (QED) is 0.626. The Morgan fingerprint density at radius 2 is 2.06 bits per heavy atom. The average molecular weight is 445 g/mol. The second-order valence-electron chi connectivity index (χ2n) is 7.43. The SMILES string of the molecule is CC1Oc2ccc(NC(=O)c3cccc(S(=O)(=O)NCC4CCCO4)c3)cc2NC1=O. The van der Waals surface area contributed by atoms with Crippen LogP contribution in [0.2, 0.25) is 0 Å². The van der Waals surface area contributed by atoms with Gasteiger partial charge in [-0.2, -0.15) is 0 Å². The van der Waals surface area contributed by atoms with Gasteiger partial charge in [-0.05, 0) is 56.2 Å². The van der Waals surface area contributed by atoms with Gasteiger partial charge in [0.25, 0.3) is 11.8 Å². The maximum Gasteiger partial charge on any atom is 0.265 e. The van der Waals surface area contributed by atoms with Crippen molar-refractivity contribution < 1.29 is 27.5 Å². The molecule has 2 aliphatic rings. The third-order valence-corrected chi connectivity index (χ3v) is 6.52. The molecule has 1 fully saturated rings. The van der Waals surface area contributed by atoms with Crippen LogP contribution in [0.5, 0.6) is 5.75 Å². The Bertz CT molecular complexity index is 1110. The van der Waals surface area contributed by atoms with Gasteiger partial charge in [0.1, 0.15) is 5.75 Å². The topological polar surface area (TPSA) is 123 Å². The summed E-state index contributed by atoms with van der Waals surface area (Å²) in [7, 11) is -3.77. The zero-order valence-electron chi connectivity index (χ0n) is 16.9. The number of benzene rings is 2. The van der Waals surface area contributed by atoms with Crippen LogP contribution in [0.25, 0.3) is 0 Å². The number of hydrogen-bond donors (Lipinski definition) is 3. The largest absolute Gasteiger partial charge is 0.479 e. The number of carbonyl (C=O) groups excluding carboxylic acids is 2. The van der Waals surface area contributed by atoms with Crippen LogP contribution in [0.1, 0.15) is 30.1 Å². The monoisotopic (exact) mass is 445 g/mol. The van der Waals surface area contributed by atoms with Gasteiger partial charge in [0.2, 0.25) is 10.0 Å². The van der Waals surface area contributed by atoms with Crippen molar-refractivity contribution in [2.45, 2.75) is 36.9 Å². The van der Waals surface area contributed by atoms with Gasteiger partial charge in [-0.1, -0.05) is 6.07 Å². The third-order valence-electron chi connectivity index (χ3n) is 5.10. The molecule has 0 bridgehead atoms. The van der Waals surface area contributed by atoms with Crippen LogP contribution in [0.3, 0.4) is 0 Å². The van der Waals surface area contributed by atoms with Crippen molar-refractivity contribution in [2.75, 3.05) is 23.8 Å². The minimum absolute atomic E-state index is 0.00163. The van der Waals surface area contributed by atoms with Crippen LogP contribution in [-0.2, 0) is 19.6 Å². The highest BCUT2D eigenvalue weighted by atomic mass is 32.2. The van der Waals surface area contributed by atoms with E-state index in [9.17, 15) is 18.0 Å². The number of anilines is 2. The highest BCUT2D eigenvalue weighted by Crippen LogP contribution is 2.32. The summed E-state index contributed by atoms with van der Waals surface area (Å²) in [6.07, 6.45) is 1.01. The number of carbonyl (C=O) groups is 2. The summed E-state index contributed by atoms with van der Waals surface area (Å²) in [6.45, 7) is 2.48.